The lowest BCUT2D eigenvalue weighted by atomic mass is 9.89. The minimum atomic E-state index is -1.76. The van der Waals surface area contributed by atoms with E-state index >= 15 is 4.39 Å². The Morgan fingerprint density at radius 2 is 2.10 bits per heavy atom. The number of benzene rings is 1. The van der Waals surface area contributed by atoms with Crippen molar-refractivity contribution in [2.75, 3.05) is 25.0 Å². The van der Waals surface area contributed by atoms with Gasteiger partial charge in [0.15, 0.2) is 5.67 Å². The molecule has 1 aromatic heterocycles. The topological polar surface area (TPSA) is 85.7 Å². The first-order valence-corrected chi connectivity index (χ1v) is 10.4. The van der Waals surface area contributed by atoms with Crippen molar-refractivity contribution in [3.05, 3.63) is 56.8 Å². The van der Waals surface area contributed by atoms with Crippen LogP contribution < -0.4 is 5.32 Å². The number of urea groups is 1. The van der Waals surface area contributed by atoms with Gasteiger partial charge in [-0.05, 0) is 36.8 Å². The maximum absolute atomic E-state index is 15.5. The number of aromatic nitrogens is 1. The van der Waals surface area contributed by atoms with E-state index in [1.165, 1.54) is 12.3 Å². The van der Waals surface area contributed by atoms with Crippen molar-refractivity contribution >= 4 is 39.2 Å². The highest BCUT2D eigenvalue weighted by atomic mass is 79.9. The van der Waals surface area contributed by atoms with Crippen LogP contribution in [0.25, 0.3) is 0 Å². The highest BCUT2D eigenvalue weighted by molar-refractivity contribution is 9.10. The van der Waals surface area contributed by atoms with Crippen LogP contribution >= 0.6 is 27.5 Å². The smallest absolute Gasteiger partial charge is 0.321 e. The third-order valence-electron chi connectivity index (χ3n) is 5.10. The van der Waals surface area contributed by atoms with E-state index in [1.54, 1.807) is 11.0 Å². The quantitative estimate of drug-likeness (QED) is 0.601. The second-order valence-electron chi connectivity index (χ2n) is 7.14. The van der Waals surface area contributed by atoms with Crippen LogP contribution in [-0.4, -0.2) is 45.8 Å². The molecule has 1 fully saturated rings. The molecule has 3 N–H and O–H groups in total. The van der Waals surface area contributed by atoms with Gasteiger partial charge in [0.2, 0.25) is 0 Å². The van der Waals surface area contributed by atoms with E-state index in [-0.39, 0.29) is 42.7 Å². The largest absolute Gasteiger partial charge is 0.393 e. The van der Waals surface area contributed by atoms with Crippen LogP contribution in [0.15, 0.2) is 34.9 Å². The fourth-order valence-corrected chi connectivity index (χ4v) is 3.89. The Kier molecular flexibility index (Phi) is 6.78. The summed E-state index contributed by atoms with van der Waals surface area (Å²) in [6.07, 6.45) is 0.332. The SMILES string of the molecule is Cc1cc(NC(=O)N2CCC(F)(c3ncc([C@H](O)CO)cc3Cl)CC2)ccc1Br. The van der Waals surface area contributed by atoms with Crippen molar-refractivity contribution in [2.24, 2.45) is 0 Å². The molecule has 1 saturated heterocycles. The predicted octanol–water partition coefficient (Wildman–Crippen LogP) is 4.32. The minimum Gasteiger partial charge on any atom is -0.393 e. The summed E-state index contributed by atoms with van der Waals surface area (Å²) < 4.78 is 16.5. The van der Waals surface area contributed by atoms with Gasteiger partial charge in [-0.15, -0.1) is 0 Å². The Hall–Kier alpha value is -1.74. The Labute approximate surface area is 181 Å². The molecular weight excluding hydrogens is 465 g/mol. The lowest BCUT2D eigenvalue weighted by Crippen LogP contribution is -2.45. The first kappa shape index (κ1) is 22.0. The number of likely N-dealkylation sites (tertiary alicyclic amines) is 1. The molecule has 156 valence electrons. The van der Waals surface area contributed by atoms with Gasteiger partial charge < -0.3 is 20.4 Å². The number of aliphatic hydroxyl groups excluding tert-OH is 2. The van der Waals surface area contributed by atoms with Crippen molar-refractivity contribution < 1.29 is 19.4 Å². The molecule has 2 amide bonds. The number of piperidine rings is 1. The van der Waals surface area contributed by atoms with Crippen LogP contribution in [0.2, 0.25) is 5.02 Å². The standard InChI is InChI=1S/C20H22BrClFN3O3/c1-12-8-14(2-3-15(12)21)25-19(29)26-6-4-20(23,5-7-26)18-16(22)9-13(10-24-18)17(28)11-27/h2-3,8-10,17,27-28H,4-7,11H2,1H3,(H,25,29)/t17-/m1/s1. The normalized spacial score (nSPS) is 17.1. The number of anilines is 1. The van der Waals surface area contributed by atoms with Crippen LogP contribution in [0, 0.1) is 6.92 Å². The van der Waals surface area contributed by atoms with Crippen molar-refractivity contribution in [1.29, 1.82) is 0 Å². The molecule has 0 radical (unpaired) electrons. The summed E-state index contributed by atoms with van der Waals surface area (Å²) in [5, 5.41) is 21.6. The van der Waals surface area contributed by atoms with Gasteiger partial charge in [0.05, 0.1) is 17.3 Å². The van der Waals surface area contributed by atoms with E-state index in [2.05, 4.69) is 26.2 Å². The van der Waals surface area contributed by atoms with Gasteiger partial charge >= 0.3 is 6.03 Å². The molecule has 0 saturated carbocycles. The van der Waals surface area contributed by atoms with Crippen LogP contribution in [0.4, 0.5) is 14.9 Å². The number of amides is 2. The van der Waals surface area contributed by atoms with Crippen LogP contribution in [-0.2, 0) is 5.67 Å². The van der Waals surface area contributed by atoms with E-state index in [9.17, 15) is 9.90 Å². The molecule has 9 heteroatoms. The van der Waals surface area contributed by atoms with E-state index in [0.29, 0.717) is 11.3 Å². The summed E-state index contributed by atoms with van der Waals surface area (Å²) in [6, 6.07) is 6.65. The van der Waals surface area contributed by atoms with Crippen LogP contribution in [0.3, 0.4) is 0 Å². The van der Waals surface area contributed by atoms with E-state index in [1.807, 2.05) is 19.1 Å². The van der Waals surface area contributed by atoms with E-state index in [0.717, 1.165) is 10.0 Å². The zero-order chi connectivity index (χ0) is 21.2. The third-order valence-corrected chi connectivity index (χ3v) is 6.27. The van der Waals surface area contributed by atoms with Gasteiger partial charge in [-0.25, -0.2) is 9.18 Å². The molecule has 0 bridgehead atoms. The number of hydrogen-bond donors (Lipinski definition) is 3. The fourth-order valence-electron chi connectivity index (χ4n) is 3.30. The van der Waals surface area contributed by atoms with E-state index in [4.69, 9.17) is 16.7 Å². The number of halogens is 3. The average molecular weight is 487 g/mol. The highest BCUT2D eigenvalue weighted by Crippen LogP contribution is 2.40. The number of aryl methyl sites for hydroxylation is 1. The van der Waals surface area contributed by atoms with Crippen LogP contribution in [0.5, 0.6) is 0 Å². The summed E-state index contributed by atoms with van der Waals surface area (Å²) in [5.41, 5.74) is 0.337. The zero-order valence-corrected chi connectivity index (χ0v) is 18.2. The van der Waals surface area contributed by atoms with Gasteiger partial charge in [-0.2, -0.15) is 0 Å². The summed E-state index contributed by atoms with van der Waals surface area (Å²) in [7, 11) is 0. The monoisotopic (exact) mass is 485 g/mol. The number of rotatable bonds is 4. The molecule has 1 aliphatic heterocycles. The summed E-state index contributed by atoms with van der Waals surface area (Å²) >= 11 is 9.62. The van der Waals surface area contributed by atoms with Crippen molar-refractivity contribution in [1.82, 2.24) is 9.88 Å². The van der Waals surface area contributed by atoms with Gasteiger partial charge in [0.25, 0.3) is 0 Å². The van der Waals surface area contributed by atoms with Crippen molar-refractivity contribution in [3.63, 3.8) is 0 Å². The van der Waals surface area contributed by atoms with Gasteiger partial charge in [-0.3, -0.25) is 4.98 Å². The maximum Gasteiger partial charge on any atom is 0.321 e. The van der Waals surface area contributed by atoms with Crippen LogP contribution in [0.1, 0.15) is 35.8 Å². The molecule has 2 heterocycles. The van der Waals surface area contributed by atoms with Gasteiger partial charge in [0, 0.05) is 47.9 Å². The fraction of sp³-hybridized carbons (Fsp3) is 0.400. The molecular formula is C20H22BrClFN3O3. The molecule has 1 aromatic carbocycles. The number of carbonyl (C=O) groups is 1. The third kappa shape index (κ3) is 4.88. The number of pyridine rings is 1. The first-order valence-electron chi connectivity index (χ1n) is 9.19. The summed E-state index contributed by atoms with van der Waals surface area (Å²) in [6.45, 7) is 1.90. The zero-order valence-electron chi connectivity index (χ0n) is 15.8. The maximum atomic E-state index is 15.5. The summed E-state index contributed by atoms with van der Waals surface area (Å²) in [4.78, 5) is 18.2. The first-order chi connectivity index (χ1) is 13.7. The number of nitrogens with one attached hydrogen (secondary N) is 1. The van der Waals surface area contributed by atoms with Gasteiger partial charge in [-0.1, -0.05) is 27.5 Å². The Morgan fingerprint density at radius 1 is 1.41 bits per heavy atom. The van der Waals surface area contributed by atoms with E-state index < -0.39 is 18.4 Å². The number of nitrogens with zero attached hydrogens (tertiary/aromatic N) is 2. The molecule has 29 heavy (non-hydrogen) atoms. The molecule has 0 spiro atoms. The average Bonchev–Trinajstić information content (AvgIpc) is 2.70. The Bertz CT molecular complexity index is 907. The second-order valence-corrected chi connectivity index (χ2v) is 8.41. The molecule has 6 nitrogen and oxygen atoms in total. The lowest BCUT2D eigenvalue weighted by molar-refractivity contribution is 0.0679. The Morgan fingerprint density at radius 3 is 2.69 bits per heavy atom. The molecule has 0 unspecified atom stereocenters. The van der Waals surface area contributed by atoms with Gasteiger partial charge in [0.1, 0.15) is 6.10 Å². The predicted molar refractivity (Wildman–Crippen MR) is 113 cm³/mol. The van der Waals surface area contributed by atoms with Crippen molar-refractivity contribution in [2.45, 2.75) is 31.5 Å². The lowest BCUT2D eigenvalue weighted by Gasteiger charge is -2.36. The molecule has 2 aromatic rings. The minimum absolute atomic E-state index is 0.0639. The number of alkyl halides is 1. The second kappa shape index (κ2) is 8.95. The number of aliphatic hydroxyl groups is 2. The molecule has 1 aliphatic rings. The molecule has 3 rings (SSSR count). The summed E-state index contributed by atoms with van der Waals surface area (Å²) in [5.74, 6) is 0. The Balaban J connectivity index is 1.65. The number of hydrogen-bond acceptors (Lipinski definition) is 4. The highest BCUT2D eigenvalue weighted by Gasteiger charge is 2.40. The number of carbonyl (C=O) groups excluding carboxylic acids is 1. The van der Waals surface area contributed by atoms with Crippen molar-refractivity contribution in [3.8, 4) is 0 Å². The molecule has 0 aliphatic carbocycles. The molecule has 1 atom stereocenters.